The lowest BCUT2D eigenvalue weighted by atomic mass is 9.98. The number of amides is 1. The number of ether oxygens (including phenoxy) is 1. The number of hydrogen-bond donors (Lipinski definition) is 1. The second-order valence-electron chi connectivity index (χ2n) is 9.21. The summed E-state index contributed by atoms with van der Waals surface area (Å²) in [6.45, 7) is 9.32. The first-order valence-electron chi connectivity index (χ1n) is 11.0. The number of nitriles is 1. The molecule has 0 radical (unpaired) electrons. The Balaban J connectivity index is 0.000000279. The molecule has 2 aromatic carbocycles. The van der Waals surface area contributed by atoms with Crippen LogP contribution < -0.4 is 9.64 Å². The first-order chi connectivity index (χ1) is 16.4. The Morgan fingerprint density at radius 3 is 2.29 bits per heavy atom. The van der Waals surface area contributed by atoms with Crippen molar-refractivity contribution in [2.75, 3.05) is 18.1 Å². The first kappa shape index (κ1) is 27.1. The molecule has 184 valence electrons. The van der Waals surface area contributed by atoms with Crippen LogP contribution in [0.15, 0.2) is 60.9 Å². The summed E-state index contributed by atoms with van der Waals surface area (Å²) in [7, 11) is 0. The maximum atomic E-state index is 12.6. The quantitative estimate of drug-likeness (QED) is 0.515. The van der Waals surface area contributed by atoms with Crippen LogP contribution in [0.2, 0.25) is 0 Å². The van der Waals surface area contributed by atoms with Gasteiger partial charge in [0.25, 0.3) is 0 Å². The zero-order valence-electron chi connectivity index (χ0n) is 20.6. The molecular weight excluding hydrogens is 449 g/mol. The Bertz CT molecular complexity index is 1200. The maximum absolute atomic E-state index is 12.6. The minimum atomic E-state index is -1.12. The fourth-order valence-corrected chi connectivity index (χ4v) is 2.99. The Kier molecular flexibility index (Phi) is 9.18. The zero-order chi connectivity index (χ0) is 26.2. The van der Waals surface area contributed by atoms with E-state index >= 15 is 0 Å². The van der Waals surface area contributed by atoms with E-state index in [-0.39, 0.29) is 16.8 Å². The van der Waals surface area contributed by atoms with Gasteiger partial charge in [-0.3, -0.25) is 9.59 Å². The number of carboxylic acid groups (broad SMARTS) is 1. The molecule has 0 aliphatic carbocycles. The summed E-state index contributed by atoms with van der Waals surface area (Å²) in [4.78, 5) is 23.5. The van der Waals surface area contributed by atoms with Gasteiger partial charge in [0, 0.05) is 30.7 Å². The van der Waals surface area contributed by atoms with E-state index < -0.39 is 18.4 Å². The smallest absolute Gasteiger partial charge is 0.323 e. The lowest BCUT2D eigenvalue weighted by Crippen LogP contribution is -2.33. The molecule has 8 heteroatoms. The Morgan fingerprint density at radius 2 is 1.80 bits per heavy atom. The molecule has 1 amide bonds. The minimum absolute atomic E-state index is 0.0554. The zero-order valence-corrected chi connectivity index (χ0v) is 20.6. The maximum Gasteiger partial charge on any atom is 0.323 e. The molecule has 0 fully saturated rings. The molecule has 1 heterocycles. The molecule has 7 nitrogen and oxygen atoms in total. The van der Waals surface area contributed by atoms with Gasteiger partial charge in [-0.05, 0) is 66.4 Å². The topological polar surface area (TPSA) is 95.6 Å². The standard InChI is InChI=1S/C16H20N2O4.C11H10FN/c1-11(19)18(9-15(20)21)13-5-6-14(12(7-13)8-17)22-10-16(2,3)4;1-9-6-7-13(8-9)11-4-2-10(12)3-5-11/h5-7H,9-10H2,1-4H3,(H,20,21);2-8H,1H3. The lowest BCUT2D eigenvalue weighted by molar-refractivity contribution is -0.136. The van der Waals surface area contributed by atoms with Crippen molar-refractivity contribution in [3.05, 3.63) is 77.9 Å². The van der Waals surface area contributed by atoms with Crippen LogP contribution >= 0.6 is 0 Å². The number of aryl methyl sites for hydroxylation is 1. The van der Waals surface area contributed by atoms with Gasteiger partial charge in [0.05, 0.1) is 12.2 Å². The Morgan fingerprint density at radius 1 is 1.14 bits per heavy atom. The third-order valence-corrected chi connectivity index (χ3v) is 4.69. The first-order valence-corrected chi connectivity index (χ1v) is 11.0. The molecule has 0 aliphatic rings. The van der Waals surface area contributed by atoms with Crippen LogP contribution in [-0.4, -0.2) is 34.7 Å². The number of carboxylic acids is 1. The van der Waals surface area contributed by atoms with Crippen molar-refractivity contribution in [3.8, 4) is 17.5 Å². The normalized spacial score (nSPS) is 10.5. The highest BCUT2D eigenvalue weighted by Crippen LogP contribution is 2.26. The van der Waals surface area contributed by atoms with E-state index in [0.717, 1.165) is 10.6 Å². The summed E-state index contributed by atoms with van der Waals surface area (Å²) < 4.78 is 20.2. The molecule has 0 unspecified atom stereocenters. The minimum Gasteiger partial charge on any atom is -0.492 e. The molecule has 0 aliphatic heterocycles. The van der Waals surface area contributed by atoms with Gasteiger partial charge in [0.2, 0.25) is 5.91 Å². The van der Waals surface area contributed by atoms with Gasteiger partial charge in [-0.25, -0.2) is 4.39 Å². The van der Waals surface area contributed by atoms with E-state index in [4.69, 9.17) is 9.84 Å². The van der Waals surface area contributed by atoms with E-state index in [2.05, 4.69) is 0 Å². The van der Waals surface area contributed by atoms with Crippen molar-refractivity contribution in [2.45, 2.75) is 34.6 Å². The third kappa shape index (κ3) is 8.63. The molecule has 35 heavy (non-hydrogen) atoms. The van der Waals surface area contributed by atoms with Gasteiger partial charge in [0.1, 0.15) is 24.2 Å². The van der Waals surface area contributed by atoms with Crippen LogP contribution in [0.3, 0.4) is 0 Å². The molecule has 0 bridgehead atoms. The second kappa shape index (κ2) is 11.8. The van der Waals surface area contributed by atoms with Gasteiger partial charge in [-0.1, -0.05) is 20.8 Å². The van der Waals surface area contributed by atoms with Gasteiger partial charge < -0.3 is 19.3 Å². The second-order valence-corrected chi connectivity index (χ2v) is 9.21. The fourth-order valence-electron chi connectivity index (χ4n) is 2.99. The van der Waals surface area contributed by atoms with Gasteiger partial charge >= 0.3 is 5.97 Å². The number of carbonyl (C=O) groups excluding carboxylic acids is 1. The number of aromatic nitrogens is 1. The highest BCUT2D eigenvalue weighted by molar-refractivity contribution is 5.96. The van der Waals surface area contributed by atoms with Crippen molar-refractivity contribution in [3.63, 3.8) is 0 Å². The van der Waals surface area contributed by atoms with Gasteiger partial charge in [-0.2, -0.15) is 5.26 Å². The van der Waals surface area contributed by atoms with Crippen LogP contribution in [0.1, 0.15) is 38.8 Å². The lowest BCUT2D eigenvalue weighted by Gasteiger charge is -2.22. The summed E-state index contributed by atoms with van der Waals surface area (Å²) in [6.07, 6.45) is 3.97. The molecule has 3 aromatic rings. The van der Waals surface area contributed by atoms with Gasteiger partial charge in [0.15, 0.2) is 0 Å². The van der Waals surface area contributed by atoms with E-state index in [1.54, 1.807) is 24.3 Å². The van der Waals surface area contributed by atoms with Crippen molar-refractivity contribution in [1.82, 2.24) is 4.57 Å². The average Bonchev–Trinajstić information content (AvgIpc) is 3.22. The van der Waals surface area contributed by atoms with Crippen LogP contribution in [-0.2, 0) is 9.59 Å². The van der Waals surface area contributed by atoms with E-state index in [9.17, 15) is 19.2 Å². The summed E-state index contributed by atoms with van der Waals surface area (Å²) in [5, 5.41) is 18.1. The summed E-state index contributed by atoms with van der Waals surface area (Å²) >= 11 is 0. The number of aliphatic carboxylic acids is 1. The number of hydrogen-bond acceptors (Lipinski definition) is 4. The molecule has 0 saturated carbocycles. The third-order valence-electron chi connectivity index (χ3n) is 4.69. The number of nitrogens with zero attached hydrogens (tertiary/aromatic N) is 3. The number of rotatable bonds is 6. The predicted molar refractivity (Wildman–Crippen MR) is 132 cm³/mol. The molecule has 1 N–H and O–H groups in total. The fraction of sp³-hybridized carbons (Fsp3) is 0.296. The molecule has 0 spiro atoms. The van der Waals surface area contributed by atoms with Crippen LogP contribution in [0, 0.1) is 29.5 Å². The van der Waals surface area contributed by atoms with Crippen molar-refractivity contribution in [1.29, 1.82) is 5.26 Å². The van der Waals surface area contributed by atoms with Crippen LogP contribution in [0.4, 0.5) is 10.1 Å². The number of benzene rings is 2. The van der Waals surface area contributed by atoms with Crippen molar-refractivity contribution in [2.24, 2.45) is 5.41 Å². The molecular formula is C27H30FN3O4. The van der Waals surface area contributed by atoms with Crippen molar-refractivity contribution >= 4 is 17.6 Å². The summed E-state index contributed by atoms with van der Waals surface area (Å²) in [5.41, 5.74) is 2.74. The summed E-state index contributed by atoms with van der Waals surface area (Å²) in [5.74, 6) is -1.32. The highest BCUT2D eigenvalue weighted by Gasteiger charge is 2.18. The predicted octanol–water partition coefficient (Wildman–Crippen LogP) is 5.35. The van der Waals surface area contributed by atoms with E-state index in [1.165, 1.54) is 30.7 Å². The number of halogens is 1. The van der Waals surface area contributed by atoms with Crippen LogP contribution in [0.25, 0.3) is 5.69 Å². The number of anilines is 1. The largest absolute Gasteiger partial charge is 0.492 e. The van der Waals surface area contributed by atoms with Gasteiger partial charge in [-0.15, -0.1) is 0 Å². The Hall–Kier alpha value is -4.12. The highest BCUT2D eigenvalue weighted by atomic mass is 19.1. The molecule has 0 atom stereocenters. The van der Waals surface area contributed by atoms with E-state index in [1.807, 2.05) is 56.8 Å². The molecule has 0 saturated heterocycles. The van der Waals surface area contributed by atoms with E-state index in [0.29, 0.717) is 18.0 Å². The van der Waals surface area contributed by atoms with Crippen LogP contribution in [0.5, 0.6) is 5.75 Å². The SMILES string of the molecule is CC(=O)N(CC(=O)O)c1ccc(OCC(C)(C)C)c(C#N)c1.Cc1ccn(-c2ccc(F)cc2)c1. The summed E-state index contributed by atoms with van der Waals surface area (Å²) in [6, 6.07) is 15.1. The average molecular weight is 480 g/mol. The molecule has 3 rings (SSSR count). The monoisotopic (exact) mass is 479 g/mol. The number of carbonyl (C=O) groups is 2. The Labute approximate surface area is 205 Å². The van der Waals surface area contributed by atoms with Crippen molar-refractivity contribution < 1.29 is 23.8 Å². The molecule has 1 aromatic heterocycles.